The van der Waals surface area contributed by atoms with E-state index in [1.54, 1.807) is 6.20 Å². The maximum absolute atomic E-state index is 14.0. The van der Waals surface area contributed by atoms with Gasteiger partial charge in [-0.05, 0) is 12.8 Å². The van der Waals surface area contributed by atoms with E-state index in [4.69, 9.17) is 9.47 Å². The van der Waals surface area contributed by atoms with E-state index in [-0.39, 0.29) is 6.29 Å². The molecule has 4 nitrogen and oxygen atoms in total. The Morgan fingerprint density at radius 2 is 1.78 bits per heavy atom. The predicted molar refractivity (Wildman–Crippen MR) is 104 cm³/mol. The molecule has 0 N–H and O–H groups in total. The number of hydrogen-bond acceptors (Lipinski definition) is 4. The van der Waals surface area contributed by atoms with Gasteiger partial charge in [0.1, 0.15) is 0 Å². The summed E-state index contributed by atoms with van der Waals surface area (Å²) >= 11 is 0. The topological polar surface area (TPSA) is 44.2 Å². The van der Waals surface area contributed by atoms with Crippen LogP contribution in [0.15, 0.2) is 30.5 Å². The zero-order chi connectivity index (χ0) is 19.1. The van der Waals surface area contributed by atoms with Gasteiger partial charge in [-0.3, -0.25) is 0 Å². The highest BCUT2D eigenvalue weighted by molar-refractivity contribution is 5.55. The lowest BCUT2D eigenvalue weighted by molar-refractivity contribution is -0.206. The molecule has 0 saturated carbocycles. The van der Waals surface area contributed by atoms with Crippen LogP contribution in [0.3, 0.4) is 0 Å². The second-order valence-corrected chi connectivity index (χ2v) is 7.24. The number of aromatic nitrogens is 2. The predicted octanol–water partition coefficient (Wildman–Crippen LogP) is 5.48. The highest BCUT2D eigenvalue weighted by Gasteiger charge is 2.23. The summed E-state index contributed by atoms with van der Waals surface area (Å²) in [5, 5.41) is 0. The first-order valence-electron chi connectivity index (χ1n) is 10.1. The first-order chi connectivity index (χ1) is 13.2. The highest BCUT2D eigenvalue weighted by atomic mass is 19.1. The Kier molecular flexibility index (Phi) is 7.30. The summed E-state index contributed by atoms with van der Waals surface area (Å²) in [6.07, 6.45) is 7.68. The largest absolute Gasteiger partial charge is 0.348 e. The molecular weight excluding hydrogens is 343 g/mol. The maximum Gasteiger partial charge on any atom is 0.219 e. The molecule has 1 aliphatic heterocycles. The van der Waals surface area contributed by atoms with Crippen molar-refractivity contribution in [1.29, 1.82) is 0 Å². The standard InChI is InChI=1S/C22H29FN2O2/c1-3-5-6-8-16-14-26-22(27-15-16)18-11-9-17(10-12-18)21-24-13-19(7-4-2)20(23)25-21/h9-13,16,22H,3-8,14-15H2,1-2H3. The Morgan fingerprint density at radius 1 is 1.04 bits per heavy atom. The van der Waals surface area contributed by atoms with Crippen molar-refractivity contribution in [3.05, 3.63) is 47.5 Å². The van der Waals surface area contributed by atoms with Crippen molar-refractivity contribution in [1.82, 2.24) is 9.97 Å². The van der Waals surface area contributed by atoms with Gasteiger partial charge in [0.15, 0.2) is 12.1 Å². The first-order valence-corrected chi connectivity index (χ1v) is 10.1. The zero-order valence-electron chi connectivity index (χ0n) is 16.3. The van der Waals surface area contributed by atoms with Crippen molar-refractivity contribution in [2.75, 3.05) is 13.2 Å². The normalized spacial score (nSPS) is 20.0. The van der Waals surface area contributed by atoms with Gasteiger partial charge in [0.25, 0.3) is 0 Å². The number of rotatable bonds is 8. The third-order valence-electron chi connectivity index (χ3n) is 4.95. The number of benzene rings is 1. The fraction of sp³-hybridized carbons (Fsp3) is 0.545. The summed E-state index contributed by atoms with van der Waals surface area (Å²) in [4.78, 5) is 8.31. The minimum atomic E-state index is -0.431. The van der Waals surface area contributed by atoms with Gasteiger partial charge in [-0.2, -0.15) is 9.37 Å². The molecular formula is C22H29FN2O2. The second-order valence-electron chi connectivity index (χ2n) is 7.24. The third kappa shape index (κ3) is 5.33. The van der Waals surface area contributed by atoms with E-state index >= 15 is 0 Å². The summed E-state index contributed by atoms with van der Waals surface area (Å²) in [6.45, 7) is 5.70. The van der Waals surface area contributed by atoms with Gasteiger partial charge in [0, 0.05) is 28.8 Å². The van der Waals surface area contributed by atoms with Crippen molar-refractivity contribution in [3.63, 3.8) is 0 Å². The molecule has 0 aliphatic carbocycles. The minimum Gasteiger partial charge on any atom is -0.348 e. The monoisotopic (exact) mass is 372 g/mol. The molecule has 0 radical (unpaired) electrons. The molecule has 27 heavy (non-hydrogen) atoms. The van der Waals surface area contributed by atoms with Crippen LogP contribution in [0.2, 0.25) is 0 Å². The van der Waals surface area contributed by atoms with E-state index in [1.165, 1.54) is 19.3 Å². The van der Waals surface area contributed by atoms with Crippen LogP contribution in [-0.4, -0.2) is 23.2 Å². The molecule has 1 saturated heterocycles. The van der Waals surface area contributed by atoms with Gasteiger partial charge in [0.05, 0.1) is 13.2 Å². The summed E-state index contributed by atoms with van der Waals surface area (Å²) in [5.74, 6) is 0.462. The maximum atomic E-state index is 14.0. The number of ether oxygens (including phenoxy) is 2. The minimum absolute atomic E-state index is 0.328. The summed E-state index contributed by atoms with van der Waals surface area (Å²) in [7, 11) is 0. The smallest absolute Gasteiger partial charge is 0.219 e. The van der Waals surface area contributed by atoms with E-state index in [9.17, 15) is 4.39 Å². The molecule has 0 unspecified atom stereocenters. The van der Waals surface area contributed by atoms with Crippen LogP contribution >= 0.6 is 0 Å². The summed E-state index contributed by atoms with van der Waals surface area (Å²) in [5.41, 5.74) is 2.32. The quantitative estimate of drug-likeness (QED) is 0.455. The number of unbranched alkanes of at least 4 members (excludes halogenated alkanes) is 2. The summed E-state index contributed by atoms with van der Waals surface area (Å²) in [6, 6.07) is 7.67. The SMILES string of the molecule is CCCCCC1COC(c2ccc(-c3ncc(CCC)c(F)n3)cc2)OC1. The molecule has 3 rings (SSSR count). The van der Waals surface area contributed by atoms with Gasteiger partial charge in [0.2, 0.25) is 5.95 Å². The van der Waals surface area contributed by atoms with Gasteiger partial charge in [-0.25, -0.2) is 4.98 Å². The van der Waals surface area contributed by atoms with Gasteiger partial charge in [-0.1, -0.05) is 63.8 Å². The van der Waals surface area contributed by atoms with Crippen molar-refractivity contribution in [3.8, 4) is 11.4 Å². The Hall–Kier alpha value is -1.85. The number of nitrogens with zero attached hydrogens (tertiary/aromatic N) is 2. The van der Waals surface area contributed by atoms with Gasteiger partial charge < -0.3 is 9.47 Å². The molecule has 1 aromatic carbocycles. The molecule has 2 aromatic rings. The second kappa shape index (κ2) is 9.90. The molecule has 2 heterocycles. The van der Waals surface area contributed by atoms with E-state index in [2.05, 4.69) is 16.9 Å². The molecule has 5 heteroatoms. The molecule has 146 valence electrons. The van der Waals surface area contributed by atoms with Crippen LogP contribution in [0.4, 0.5) is 4.39 Å². The highest BCUT2D eigenvalue weighted by Crippen LogP contribution is 2.28. The lowest BCUT2D eigenvalue weighted by Gasteiger charge is -2.29. The Balaban J connectivity index is 1.59. The third-order valence-corrected chi connectivity index (χ3v) is 4.95. The van der Waals surface area contributed by atoms with Crippen molar-refractivity contribution in [2.24, 2.45) is 5.92 Å². The zero-order valence-corrected chi connectivity index (χ0v) is 16.3. The van der Waals surface area contributed by atoms with Gasteiger partial charge >= 0.3 is 0 Å². The Bertz CT molecular complexity index is 713. The van der Waals surface area contributed by atoms with Crippen LogP contribution in [0, 0.1) is 11.9 Å². The molecule has 0 bridgehead atoms. The van der Waals surface area contributed by atoms with E-state index in [1.807, 2.05) is 31.2 Å². The van der Waals surface area contributed by atoms with Crippen molar-refractivity contribution in [2.45, 2.75) is 58.7 Å². The lowest BCUT2D eigenvalue weighted by atomic mass is 10.0. The van der Waals surface area contributed by atoms with Crippen LogP contribution in [0.5, 0.6) is 0 Å². The van der Waals surface area contributed by atoms with Crippen LogP contribution in [-0.2, 0) is 15.9 Å². The molecule has 1 aromatic heterocycles. The molecule has 1 aliphatic rings. The van der Waals surface area contributed by atoms with Crippen molar-refractivity contribution < 1.29 is 13.9 Å². The number of aryl methyl sites for hydroxylation is 1. The van der Waals surface area contributed by atoms with Gasteiger partial charge in [-0.15, -0.1) is 0 Å². The lowest BCUT2D eigenvalue weighted by Crippen LogP contribution is -2.27. The Labute approximate surface area is 161 Å². The average Bonchev–Trinajstić information content (AvgIpc) is 2.71. The number of hydrogen-bond donors (Lipinski definition) is 0. The van der Waals surface area contributed by atoms with E-state index in [0.29, 0.717) is 23.7 Å². The van der Waals surface area contributed by atoms with Crippen LogP contribution < -0.4 is 0 Å². The van der Waals surface area contributed by atoms with Crippen molar-refractivity contribution >= 4 is 0 Å². The van der Waals surface area contributed by atoms with E-state index < -0.39 is 5.95 Å². The molecule has 0 atom stereocenters. The average molecular weight is 372 g/mol. The van der Waals surface area contributed by atoms with Crippen LogP contribution in [0.25, 0.3) is 11.4 Å². The molecule has 0 amide bonds. The fourth-order valence-corrected chi connectivity index (χ4v) is 3.34. The first kappa shape index (κ1) is 19.9. The molecule has 1 fully saturated rings. The van der Waals surface area contributed by atoms with E-state index in [0.717, 1.165) is 37.2 Å². The van der Waals surface area contributed by atoms with Crippen LogP contribution in [0.1, 0.15) is 63.4 Å². The number of halogens is 1. The molecule has 0 spiro atoms. The fourth-order valence-electron chi connectivity index (χ4n) is 3.34. The Morgan fingerprint density at radius 3 is 2.41 bits per heavy atom. The summed E-state index contributed by atoms with van der Waals surface area (Å²) < 4.78 is 25.9.